The van der Waals surface area contributed by atoms with Crippen LogP contribution < -0.4 is 5.56 Å². The summed E-state index contributed by atoms with van der Waals surface area (Å²) in [5.41, 5.74) is 0.237. The molecular formula is C16H21F3N4O2. The second-order valence-corrected chi connectivity index (χ2v) is 6.79. The van der Waals surface area contributed by atoms with Gasteiger partial charge in [0.25, 0.3) is 5.56 Å². The topological polar surface area (TPSA) is 83.8 Å². The fourth-order valence-corrected chi connectivity index (χ4v) is 3.75. The first-order valence-electron chi connectivity index (χ1n) is 8.38. The zero-order valence-corrected chi connectivity index (χ0v) is 14.1. The molecule has 0 amide bonds. The Morgan fingerprint density at radius 2 is 1.96 bits per heavy atom. The first-order chi connectivity index (χ1) is 11.7. The van der Waals surface area contributed by atoms with E-state index >= 15 is 0 Å². The van der Waals surface area contributed by atoms with Crippen LogP contribution in [0.25, 0.3) is 11.0 Å². The van der Waals surface area contributed by atoms with Crippen molar-refractivity contribution in [1.29, 1.82) is 0 Å². The van der Waals surface area contributed by atoms with Crippen LogP contribution in [-0.4, -0.2) is 31.0 Å². The molecule has 2 aromatic heterocycles. The van der Waals surface area contributed by atoms with E-state index in [9.17, 15) is 23.1 Å². The lowest BCUT2D eigenvalue weighted by Gasteiger charge is -2.33. The van der Waals surface area contributed by atoms with Gasteiger partial charge < -0.3 is 10.1 Å². The minimum atomic E-state index is -4.14. The normalized spacial score (nSPS) is 23.1. The maximum absolute atomic E-state index is 12.8. The zero-order valence-electron chi connectivity index (χ0n) is 14.1. The molecule has 0 radical (unpaired) electrons. The maximum Gasteiger partial charge on any atom is 0.391 e. The van der Waals surface area contributed by atoms with E-state index in [2.05, 4.69) is 15.1 Å². The molecule has 1 aliphatic carbocycles. The van der Waals surface area contributed by atoms with Gasteiger partial charge in [-0.1, -0.05) is 0 Å². The molecule has 1 saturated carbocycles. The van der Waals surface area contributed by atoms with Crippen LogP contribution in [0, 0.1) is 18.8 Å². The third-order valence-corrected chi connectivity index (χ3v) is 5.21. The van der Waals surface area contributed by atoms with Gasteiger partial charge in [0.05, 0.1) is 18.6 Å². The summed E-state index contributed by atoms with van der Waals surface area (Å²) in [7, 11) is 0. The van der Waals surface area contributed by atoms with Crippen molar-refractivity contribution in [3.63, 3.8) is 0 Å². The number of aliphatic hydroxyl groups excluding tert-OH is 1. The SMILES string of the molecule is Cc1nc2c(c(CO)nn2C(C)[C@H]2CC[C@H](C(F)(F)F)CC2)c(=O)[nH]1. The smallest absolute Gasteiger partial charge is 0.390 e. The third kappa shape index (κ3) is 3.29. The number of fused-ring (bicyclic) bond motifs is 1. The Bertz CT molecular complexity index is 819. The number of rotatable bonds is 3. The van der Waals surface area contributed by atoms with Gasteiger partial charge >= 0.3 is 6.18 Å². The molecule has 0 aromatic carbocycles. The van der Waals surface area contributed by atoms with Crippen molar-refractivity contribution in [2.45, 2.75) is 58.4 Å². The van der Waals surface area contributed by atoms with E-state index in [1.807, 2.05) is 6.92 Å². The Labute approximate surface area is 142 Å². The minimum Gasteiger partial charge on any atom is -0.390 e. The van der Waals surface area contributed by atoms with Crippen LogP contribution in [0.2, 0.25) is 0 Å². The van der Waals surface area contributed by atoms with Crippen molar-refractivity contribution >= 4 is 11.0 Å². The molecule has 0 spiro atoms. The quantitative estimate of drug-likeness (QED) is 0.884. The largest absolute Gasteiger partial charge is 0.391 e. The number of hydrogen-bond acceptors (Lipinski definition) is 4. The molecule has 1 aliphatic rings. The van der Waals surface area contributed by atoms with Gasteiger partial charge in [0, 0.05) is 0 Å². The van der Waals surface area contributed by atoms with Crippen LogP contribution in [0.15, 0.2) is 4.79 Å². The number of nitrogens with one attached hydrogen (secondary N) is 1. The highest BCUT2D eigenvalue weighted by Gasteiger charge is 2.42. The molecule has 2 heterocycles. The minimum absolute atomic E-state index is 0.0228. The van der Waals surface area contributed by atoms with Crippen molar-refractivity contribution in [2.75, 3.05) is 0 Å². The van der Waals surface area contributed by atoms with Gasteiger partial charge in [-0.05, 0) is 45.4 Å². The van der Waals surface area contributed by atoms with Crippen LogP contribution in [0.5, 0.6) is 0 Å². The predicted molar refractivity (Wildman–Crippen MR) is 85.0 cm³/mol. The molecule has 1 atom stereocenters. The van der Waals surface area contributed by atoms with E-state index in [-0.39, 0.29) is 41.4 Å². The van der Waals surface area contributed by atoms with Crippen LogP contribution in [0.1, 0.15) is 50.2 Å². The molecule has 0 saturated heterocycles. The average Bonchev–Trinajstić information content (AvgIpc) is 2.92. The molecule has 2 N–H and O–H groups in total. The lowest BCUT2D eigenvalue weighted by molar-refractivity contribution is -0.184. The highest BCUT2D eigenvalue weighted by atomic mass is 19.4. The van der Waals surface area contributed by atoms with Crippen molar-refractivity contribution in [1.82, 2.24) is 19.7 Å². The van der Waals surface area contributed by atoms with Crippen LogP contribution >= 0.6 is 0 Å². The number of aromatic nitrogens is 4. The lowest BCUT2D eigenvalue weighted by atomic mass is 9.78. The third-order valence-electron chi connectivity index (χ3n) is 5.21. The summed E-state index contributed by atoms with van der Waals surface area (Å²) in [6.45, 7) is 3.13. The average molecular weight is 358 g/mol. The molecule has 25 heavy (non-hydrogen) atoms. The van der Waals surface area contributed by atoms with Gasteiger partial charge in [-0.15, -0.1) is 0 Å². The monoisotopic (exact) mass is 358 g/mol. The first kappa shape index (κ1) is 17.9. The summed E-state index contributed by atoms with van der Waals surface area (Å²) in [6.07, 6.45) is -3.02. The zero-order chi connectivity index (χ0) is 18.4. The van der Waals surface area contributed by atoms with Crippen molar-refractivity contribution in [3.8, 4) is 0 Å². The fraction of sp³-hybridized carbons (Fsp3) is 0.688. The Balaban J connectivity index is 1.91. The molecule has 2 aromatic rings. The second-order valence-electron chi connectivity index (χ2n) is 6.79. The highest BCUT2D eigenvalue weighted by molar-refractivity contribution is 5.77. The number of halogens is 3. The summed E-state index contributed by atoms with van der Waals surface area (Å²) in [6, 6.07) is -0.203. The maximum atomic E-state index is 12.8. The van der Waals surface area contributed by atoms with E-state index in [1.54, 1.807) is 11.6 Å². The summed E-state index contributed by atoms with van der Waals surface area (Å²) in [5, 5.41) is 14.0. The predicted octanol–water partition coefficient (Wildman–Crippen LogP) is 2.85. The van der Waals surface area contributed by atoms with E-state index in [0.29, 0.717) is 24.3 Å². The molecule has 1 unspecified atom stereocenters. The number of nitrogens with zero attached hydrogens (tertiary/aromatic N) is 3. The van der Waals surface area contributed by atoms with Gasteiger partial charge in [-0.25, -0.2) is 9.67 Å². The Hall–Kier alpha value is -1.90. The van der Waals surface area contributed by atoms with Gasteiger partial charge in [0.1, 0.15) is 16.9 Å². The van der Waals surface area contributed by atoms with Gasteiger partial charge in [0.2, 0.25) is 0 Å². The number of aryl methyl sites for hydroxylation is 1. The second kappa shape index (κ2) is 6.44. The van der Waals surface area contributed by atoms with Crippen LogP contribution in [0.4, 0.5) is 13.2 Å². The van der Waals surface area contributed by atoms with Crippen molar-refractivity contribution < 1.29 is 18.3 Å². The van der Waals surface area contributed by atoms with Gasteiger partial charge in [0.15, 0.2) is 5.65 Å². The summed E-state index contributed by atoms with van der Waals surface area (Å²) in [4.78, 5) is 19.1. The Morgan fingerprint density at radius 3 is 2.52 bits per heavy atom. The number of alkyl halides is 3. The first-order valence-corrected chi connectivity index (χ1v) is 8.38. The molecule has 6 nitrogen and oxygen atoms in total. The molecule has 0 bridgehead atoms. The van der Waals surface area contributed by atoms with Gasteiger partial charge in [-0.2, -0.15) is 18.3 Å². The molecular weight excluding hydrogens is 337 g/mol. The van der Waals surface area contributed by atoms with Crippen molar-refractivity contribution in [2.24, 2.45) is 11.8 Å². The molecule has 3 rings (SSSR count). The number of aromatic amines is 1. The van der Waals surface area contributed by atoms with Crippen LogP contribution in [0.3, 0.4) is 0 Å². The molecule has 9 heteroatoms. The lowest BCUT2D eigenvalue weighted by Crippen LogP contribution is -2.30. The van der Waals surface area contributed by atoms with E-state index in [0.717, 1.165) is 0 Å². The summed E-state index contributed by atoms with van der Waals surface area (Å²) >= 11 is 0. The van der Waals surface area contributed by atoms with E-state index in [4.69, 9.17) is 0 Å². The highest BCUT2D eigenvalue weighted by Crippen LogP contribution is 2.42. The molecule has 1 fully saturated rings. The summed E-state index contributed by atoms with van der Waals surface area (Å²) in [5.74, 6) is -0.785. The fourth-order valence-electron chi connectivity index (χ4n) is 3.75. The number of H-pyrrole nitrogens is 1. The molecule has 0 aliphatic heterocycles. The van der Waals surface area contributed by atoms with E-state index < -0.39 is 18.7 Å². The number of aliphatic hydroxyl groups is 1. The molecule has 138 valence electrons. The summed E-state index contributed by atoms with van der Waals surface area (Å²) < 4.78 is 40.1. The Morgan fingerprint density at radius 1 is 1.32 bits per heavy atom. The standard InChI is InChI=1S/C16H21F3N4O2/c1-8(10-3-5-11(6-4-10)16(17,18)19)23-14-13(12(7-24)22-23)15(25)21-9(2)20-14/h8,10-11,24H,3-7H2,1-2H3,(H,20,21,25)/t8?,10-,11-. The van der Waals surface area contributed by atoms with Crippen LogP contribution in [-0.2, 0) is 6.61 Å². The number of hydrogen-bond donors (Lipinski definition) is 2. The van der Waals surface area contributed by atoms with Gasteiger partial charge in [-0.3, -0.25) is 4.79 Å². The van der Waals surface area contributed by atoms with Crippen molar-refractivity contribution in [3.05, 3.63) is 21.9 Å². The Kier molecular flexibility index (Phi) is 4.61. The van der Waals surface area contributed by atoms with E-state index in [1.165, 1.54) is 0 Å².